The lowest BCUT2D eigenvalue weighted by molar-refractivity contribution is -0.147. The number of ether oxygens (including phenoxy) is 2. The number of carbonyl (C=O) groups is 2. The molecule has 1 rings (SSSR count). The van der Waals surface area contributed by atoms with Crippen molar-refractivity contribution in [1.29, 1.82) is 0 Å². The Morgan fingerprint density at radius 3 is 2.55 bits per heavy atom. The standard InChI is InChI=1S/C14H26N2O4/c1-4-20-12(17)11(2)9-16-13(18)14(10-19-3)5-7-15-8-6-14/h11,15H,4-10H2,1-3H3,(H,16,18). The van der Waals surface area contributed by atoms with Crippen LogP contribution >= 0.6 is 0 Å². The van der Waals surface area contributed by atoms with Crippen LogP contribution in [0.4, 0.5) is 0 Å². The maximum atomic E-state index is 12.4. The van der Waals surface area contributed by atoms with E-state index < -0.39 is 5.41 Å². The first kappa shape index (κ1) is 16.9. The molecule has 0 aromatic rings. The fraction of sp³-hybridized carbons (Fsp3) is 0.857. The van der Waals surface area contributed by atoms with Crippen LogP contribution in [0.5, 0.6) is 0 Å². The third kappa shape index (κ3) is 4.45. The van der Waals surface area contributed by atoms with Crippen molar-refractivity contribution < 1.29 is 19.1 Å². The zero-order valence-corrected chi connectivity index (χ0v) is 12.7. The van der Waals surface area contributed by atoms with Crippen LogP contribution in [-0.4, -0.2) is 51.8 Å². The van der Waals surface area contributed by atoms with E-state index in [1.54, 1.807) is 21.0 Å². The molecular weight excluding hydrogens is 260 g/mol. The molecule has 6 nitrogen and oxygen atoms in total. The van der Waals surface area contributed by atoms with Crippen LogP contribution in [0.3, 0.4) is 0 Å². The molecule has 0 saturated carbocycles. The second-order valence-corrected chi connectivity index (χ2v) is 5.33. The lowest BCUT2D eigenvalue weighted by atomic mass is 9.78. The van der Waals surface area contributed by atoms with Crippen molar-refractivity contribution in [3.8, 4) is 0 Å². The summed E-state index contributed by atoms with van der Waals surface area (Å²) in [6.45, 7) is 6.21. The molecule has 116 valence electrons. The van der Waals surface area contributed by atoms with Gasteiger partial charge in [-0.05, 0) is 32.9 Å². The van der Waals surface area contributed by atoms with E-state index in [4.69, 9.17) is 9.47 Å². The molecule has 1 aliphatic heterocycles. The van der Waals surface area contributed by atoms with Gasteiger partial charge < -0.3 is 20.1 Å². The van der Waals surface area contributed by atoms with Crippen molar-refractivity contribution in [2.24, 2.45) is 11.3 Å². The van der Waals surface area contributed by atoms with E-state index in [-0.39, 0.29) is 17.8 Å². The van der Waals surface area contributed by atoms with Gasteiger partial charge in [-0.3, -0.25) is 9.59 Å². The Hall–Kier alpha value is -1.14. The molecule has 20 heavy (non-hydrogen) atoms. The Morgan fingerprint density at radius 1 is 1.35 bits per heavy atom. The first-order chi connectivity index (χ1) is 9.55. The molecule has 1 fully saturated rings. The highest BCUT2D eigenvalue weighted by atomic mass is 16.5. The third-order valence-electron chi connectivity index (χ3n) is 3.72. The summed E-state index contributed by atoms with van der Waals surface area (Å²) in [6, 6.07) is 0. The predicted molar refractivity (Wildman–Crippen MR) is 75.2 cm³/mol. The maximum absolute atomic E-state index is 12.4. The minimum atomic E-state index is -0.478. The van der Waals surface area contributed by atoms with E-state index in [1.807, 2.05) is 0 Å². The summed E-state index contributed by atoms with van der Waals surface area (Å²) in [7, 11) is 1.61. The molecule has 2 N–H and O–H groups in total. The highest BCUT2D eigenvalue weighted by Gasteiger charge is 2.39. The maximum Gasteiger partial charge on any atom is 0.310 e. The molecule has 0 aliphatic carbocycles. The molecule has 0 spiro atoms. The van der Waals surface area contributed by atoms with E-state index in [0.29, 0.717) is 19.8 Å². The number of esters is 1. The van der Waals surface area contributed by atoms with Crippen molar-refractivity contribution >= 4 is 11.9 Å². The number of nitrogens with one attached hydrogen (secondary N) is 2. The number of methoxy groups -OCH3 is 1. The molecule has 0 aromatic heterocycles. The van der Waals surface area contributed by atoms with Gasteiger partial charge in [0.25, 0.3) is 0 Å². The Morgan fingerprint density at radius 2 is 2.00 bits per heavy atom. The minimum Gasteiger partial charge on any atom is -0.466 e. The van der Waals surface area contributed by atoms with Crippen LogP contribution in [0.1, 0.15) is 26.7 Å². The number of hydrogen-bond donors (Lipinski definition) is 2. The second kappa shape index (κ2) is 8.21. The Labute approximate surface area is 120 Å². The molecule has 0 aromatic carbocycles. The Kier molecular flexibility index (Phi) is 6.95. The van der Waals surface area contributed by atoms with Gasteiger partial charge in [0, 0.05) is 13.7 Å². The second-order valence-electron chi connectivity index (χ2n) is 5.33. The van der Waals surface area contributed by atoms with Crippen LogP contribution in [0.15, 0.2) is 0 Å². The highest BCUT2D eigenvalue weighted by Crippen LogP contribution is 2.29. The van der Waals surface area contributed by atoms with E-state index in [9.17, 15) is 9.59 Å². The van der Waals surface area contributed by atoms with Gasteiger partial charge in [0.15, 0.2) is 0 Å². The monoisotopic (exact) mass is 286 g/mol. The molecule has 1 saturated heterocycles. The lowest BCUT2D eigenvalue weighted by Crippen LogP contribution is -2.51. The van der Waals surface area contributed by atoms with Crippen LogP contribution in [-0.2, 0) is 19.1 Å². The zero-order valence-electron chi connectivity index (χ0n) is 12.7. The molecule has 0 radical (unpaired) electrons. The van der Waals surface area contributed by atoms with Gasteiger partial charge in [-0.2, -0.15) is 0 Å². The van der Waals surface area contributed by atoms with Crippen molar-refractivity contribution in [3.05, 3.63) is 0 Å². The van der Waals surface area contributed by atoms with E-state index in [2.05, 4.69) is 10.6 Å². The summed E-state index contributed by atoms with van der Waals surface area (Å²) in [5.41, 5.74) is -0.478. The Balaban J connectivity index is 2.52. The summed E-state index contributed by atoms with van der Waals surface area (Å²) in [4.78, 5) is 24.0. The molecule has 1 amide bonds. The molecule has 1 aliphatic rings. The SMILES string of the molecule is CCOC(=O)C(C)CNC(=O)C1(COC)CCNCC1. The van der Waals surface area contributed by atoms with Crippen LogP contribution in [0.2, 0.25) is 0 Å². The van der Waals surface area contributed by atoms with Gasteiger partial charge in [-0.25, -0.2) is 0 Å². The van der Waals surface area contributed by atoms with Gasteiger partial charge >= 0.3 is 5.97 Å². The number of hydrogen-bond acceptors (Lipinski definition) is 5. The molecule has 1 atom stereocenters. The summed E-state index contributed by atoms with van der Waals surface area (Å²) < 4.78 is 10.1. The smallest absolute Gasteiger partial charge is 0.310 e. The van der Waals surface area contributed by atoms with Crippen molar-refractivity contribution in [3.63, 3.8) is 0 Å². The van der Waals surface area contributed by atoms with Gasteiger partial charge in [0.2, 0.25) is 5.91 Å². The summed E-state index contributed by atoms with van der Waals surface area (Å²) in [5.74, 6) is -0.642. The summed E-state index contributed by atoms with van der Waals surface area (Å²) >= 11 is 0. The third-order valence-corrected chi connectivity index (χ3v) is 3.72. The number of rotatable bonds is 7. The molecular formula is C14H26N2O4. The van der Waals surface area contributed by atoms with Gasteiger partial charge in [-0.1, -0.05) is 6.92 Å². The van der Waals surface area contributed by atoms with E-state index in [1.165, 1.54) is 0 Å². The van der Waals surface area contributed by atoms with Crippen molar-refractivity contribution in [2.45, 2.75) is 26.7 Å². The van der Waals surface area contributed by atoms with Gasteiger partial charge in [0.1, 0.15) is 0 Å². The number of piperidine rings is 1. The largest absolute Gasteiger partial charge is 0.466 e. The first-order valence-corrected chi connectivity index (χ1v) is 7.20. The van der Waals surface area contributed by atoms with Gasteiger partial charge in [-0.15, -0.1) is 0 Å². The van der Waals surface area contributed by atoms with Crippen molar-refractivity contribution in [2.75, 3.05) is 40.0 Å². The van der Waals surface area contributed by atoms with E-state index >= 15 is 0 Å². The average Bonchev–Trinajstić information content (AvgIpc) is 2.45. The fourth-order valence-corrected chi connectivity index (χ4v) is 2.42. The molecule has 6 heteroatoms. The average molecular weight is 286 g/mol. The lowest BCUT2D eigenvalue weighted by Gasteiger charge is -2.35. The van der Waals surface area contributed by atoms with Crippen molar-refractivity contribution in [1.82, 2.24) is 10.6 Å². The minimum absolute atomic E-state index is 0.0306. The number of carbonyl (C=O) groups excluding carboxylic acids is 2. The summed E-state index contributed by atoms with van der Waals surface area (Å²) in [6.07, 6.45) is 1.50. The normalized spacial score (nSPS) is 19.1. The fourth-order valence-electron chi connectivity index (χ4n) is 2.42. The zero-order chi connectivity index (χ0) is 15.0. The van der Waals surface area contributed by atoms with Crippen LogP contribution < -0.4 is 10.6 Å². The molecule has 1 heterocycles. The van der Waals surface area contributed by atoms with Gasteiger partial charge in [0.05, 0.1) is 24.5 Å². The topological polar surface area (TPSA) is 76.7 Å². The van der Waals surface area contributed by atoms with Crippen LogP contribution in [0.25, 0.3) is 0 Å². The predicted octanol–water partition coefficient (Wildman–Crippen LogP) is 0.318. The molecule has 0 bridgehead atoms. The quantitative estimate of drug-likeness (QED) is 0.659. The molecule has 1 unspecified atom stereocenters. The van der Waals surface area contributed by atoms with E-state index in [0.717, 1.165) is 25.9 Å². The first-order valence-electron chi connectivity index (χ1n) is 7.20. The van der Waals surface area contributed by atoms with Crippen LogP contribution in [0, 0.1) is 11.3 Å². The Bertz CT molecular complexity index is 322. The summed E-state index contributed by atoms with van der Waals surface area (Å²) in [5, 5.41) is 6.11. The highest BCUT2D eigenvalue weighted by molar-refractivity contribution is 5.83. The number of amides is 1.